The third-order valence-corrected chi connectivity index (χ3v) is 3.38. The van der Waals surface area contributed by atoms with Gasteiger partial charge in [0.25, 0.3) is 0 Å². The molecule has 0 amide bonds. The van der Waals surface area contributed by atoms with Gasteiger partial charge >= 0.3 is 0 Å². The summed E-state index contributed by atoms with van der Waals surface area (Å²) >= 11 is 12.0. The summed E-state index contributed by atoms with van der Waals surface area (Å²) in [7, 11) is 4.07. The monoisotopic (exact) mass is 294 g/mol. The van der Waals surface area contributed by atoms with Crippen molar-refractivity contribution in [3.63, 3.8) is 0 Å². The van der Waals surface area contributed by atoms with Crippen LogP contribution in [0, 0.1) is 0 Å². The molecule has 0 aliphatic heterocycles. The number of rotatable bonds is 2. The van der Waals surface area contributed by atoms with E-state index in [-0.39, 0.29) is 5.28 Å². The highest BCUT2D eigenvalue weighted by atomic mass is 35.5. The first-order valence-corrected chi connectivity index (χ1v) is 6.58. The van der Waals surface area contributed by atoms with E-state index in [1.54, 1.807) is 0 Å². The lowest BCUT2D eigenvalue weighted by Gasteiger charge is -2.09. The molecule has 98 valence electrons. The molecule has 2 aromatic heterocycles. The number of nitrogens with zero attached hydrogens (tertiary/aromatic N) is 3. The maximum absolute atomic E-state index is 6.08. The van der Waals surface area contributed by atoms with Gasteiger partial charge in [0.15, 0.2) is 5.15 Å². The number of aromatic amines is 1. The van der Waals surface area contributed by atoms with Crippen molar-refractivity contribution in [2.75, 3.05) is 14.1 Å². The van der Waals surface area contributed by atoms with Crippen molar-refractivity contribution < 1.29 is 0 Å². The fourth-order valence-corrected chi connectivity index (χ4v) is 2.64. The van der Waals surface area contributed by atoms with Gasteiger partial charge < -0.3 is 9.88 Å². The molecule has 0 saturated carbocycles. The summed E-state index contributed by atoms with van der Waals surface area (Å²) in [5.74, 6) is 0. The highest BCUT2D eigenvalue weighted by molar-refractivity contribution is 6.36. The lowest BCUT2D eigenvalue weighted by Crippen LogP contribution is -2.10. The van der Waals surface area contributed by atoms with Crippen LogP contribution >= 0.6 is 23.2 Å². The van der Waals surface area contributed by atoms with Crippen LogP contribution in [-0.2, 0) is 6.54 Å². The third kappa shape index (κ3) is 2.27. The summed E-state index contributed by atoms with van der Waals surface area (Å²) < 4.78 is 0. The van der Waals surface area contributed by atoms with Crippen LogP contribution in [0.5, 0.6) is 0 Å². The van der Waals surface area contributed by atoms with Crippen molar-refractivity contribution >= 4 is 45.1 Å². The molecule has 3 rings (SSSR count). The molecule has 0 aliphatic rings. The van der Waals surface area contributed by atoms with Crippen molar-refractivity contribution in [2.24, 2.45) is 0 Å². The predicted octanol–water partition coefficient (Wildman–Crippen LogP) is 3.48. The van der Waals surface area contributed by atoms with E-state index in [4.69, 9.17) is 23.2 Å². The Hall–Kier alpha value is -1.36. The molecule has 0 radical (unpaired) electrons. The fourth-order valence-electron chi connectivity index (χ4n) is 2.21. The molecule has 0 atom stereocenters. The Labute approximate surface area is 120 Å². The third-order valence-electron chi connectivity index (χ3n) is 2.94. The van der Waals surface area contributed by atoms with Gasteiger partial charge in [-0.15, -0.1) is 0 Å². The van der Waals surface area contributed by atoms with E-state index >= 15 is 0 Å². The first kappa shape index (κ1) is 12.7. The Kier molecular flexibility index (Phi) is 3.09. The van der Waals surface area contributed by atoms with Crippen molar-refractivity contribution in [3.05, 3.63) is 34.2 Å². The van der Waals surface area contributed by atoms with Gasteiger partial charge in [-0.25, -0.2) is 9.97 Å². The topological polar surface area (TPSA) is 44.8 Å². The average Bonchev–Trinajstić information content (AvgIpc) is 2.67. The van der Waals surface area contributed by atoms with E-state index in [9.17, 15) is 0 Å². The van der Waals surface area contributed by atoms with E-state index in [0.29, 0.717) is 5.15 Å². The van der Waals surface area contributed by atoms with Crippen molar-refractivity contribution in [3.8, 4) is 0 Å². The number of aromatic nitrogens is 3. The highest BCUT2D eigenvalue weighted by Gasteiger charge is 2.12. The van der Waals surface area contributed by atoms with Crippen LogP contribution in [0.15, 0.2) is 18.2 Å². The summed E-state index contributed by atoms with van der Waals surface area (Å²) in [6, 6.07) is 6.22. The van der Waals surface area contributed by atoms with Crippen LogP contribution in [0.25, 0.3) is 21.9 Å². The van der Waals surface area contributed by atoms with Crippen molar-refractivity contribution in [1.82, 2.24) is 19.9 Å². The first-order chi connectivity index (χ1) is 9.04. The van der Waals surface area contributed by atoms with Gasteiger partial charge in [0, 0.05) is 17.4 Å². The minimum atomic E-state index is 0.163. The van der Waals surface area contributed by atoms with Crippen LogP contribution in [0.1, 0.15) is 5.56 Å². The normalized spacial score (nSPS) is 11.8. The second-order valence-corrected chi connectivity index (χ2v) is 5.45. The van der Waals surface area contributed by atoms with Crippen LogP contribution in [0.2, 0.25) is 10.4 Å². The number of hydrogen-bond acceptors (Lipinski definition) is 3. The maximum atomic E-state index is 6.08. The largest absolute Gasteiger partial charge is 0.351 e. The lowest BCUT2D eigenvalue weighted by atomic mass is 10.1. The Morgan fingerprint density at radius 2 is 2.00 bits per heavy atom. The zero-order valence-electron chi connectivity index (χ0n) is 10.5. The Morgan fingerprint density at radius 3 is 2.74 bits per heavy atom. The van der Waals surface area contributed by atoms with E-state index in [0.717, 1.165) is 28.5 Å². The molecular weight excluding hydrogens is 283 g/mol. The molecule has 0 aliphatic carbocycles. The van der Waals surface area contributed by atoms with Crippen molar-refractivity contribution in [2.45, 2.75) is 6.54 Å². The summed E-state index contributed by atoms with van der Waals surface area (Å²) in [6.45, 7) is 0.870. The number of nitrogens with one attached hydrogen (secondary N) is 1. The van der Waals surface area contributed by atoms with Gasteiger partial charge in [-0.2, -0.15) is 0 Å². The smallest absolute Gasteiger partial charge is 0.224 e. The molecule has 4 nitrogen and oxygen atoms in total. The number of hydrogen-bond donors (Lipinski definition) is 1. The van der Waals surface area contributed by atoms with Gasteiger partial charge in [0.05, 0.1) is 0 Å². The second kappa shape index (κ2) is 4.63. The summed E-state index contributed by atoms with van der Waals surface area (Å²) in [4.78, 5) is 13.6. The molecule has 0 bridgehead atoms. The van der Waals surface area contributed by atoms with Gasteiger partial charge in [-0.3, -0.25) is 0 Å². The van der Waals surface area contributed by atoms with Crippen LogP contribution in [0.4, 0.5) is 0 Å². The highest BCUT2D eigenvalue weighted by Crippen LogP contribution is 2.29. The molecule has 19 heavy (non-hydrogen) atoms. The van der Waals surface area contributed by atoms with E-state index in [2.05, 4.69) is 32.0 Å². The minimum Gasteiger partial charge on any atom is -0.351 e. The van der Waals surface area contributed by atoms with Gasteiger partial charge in [0.1, 0.15) is 11.0 Å². The molecule has 1 aromatic carbocycles. The summed E-state index contributed by atoms with van der Waals surface area (Å²) in [6.07, 6.45) is 0. The number of halogens is 2. The molecule has 0 saturated heterocycles. The van der Waals surface area contributed by atoms with E-state index in [1.807, 2.05) is 20.2 Å². The Bertz CT molecular complexity index is 764. The quantitative estimate of drug-likeness (QED) is 0.581. The van der Waals surface area contributed by atoms with Gasteiger partial charge in [-0.1, -0.05) is 17.7 Å². The molecule has 6 heteroatoms. The van der Waals surface area contributed by atoms with Crippen molar-refractivity contribution in [1.29, 1.82) is 0 Å². The standard InChI is InChI=1S/C13H12Cl2N4/c1-19(2)6-7-3-4-9-8(5-7)10-11(16-9)12(14)18-13(15)17-10/h3-5,16H,6H2,1-2H3. The predicted molar refractivity (Wildman–Crippen MR) is 78.8 cm³/mol. The Morgan fingerprint density at radius 1 is 1.21 bits per heavy atom. The van der Waals surface area contributed by atoms with E-state index in [1.165, 1.54) is 5.56 Å². The molecule has 0 fully saturated rings. The minimum absolute atomic E-state index is 0.163. The number of benzene rings is 1. The summed E-state index contributed by atoms with van der Waals surface area (Å²) in [5.41, 5.74) is 3.68. The van der Waals surface area contributed by atoms with Crippen LogP contribution in [0.3, 0.4) is 0 Å². The zero-order valence-corrected chi connectivity index (χ0v) is 12.0. The molecular formula is C13H12Cl2N4. The van der Waals surface area contributed by atoms with Gasteiger partial charge in [0.2, 0.25) is 5.28 Å². The second-order valence-electron chi connectivity index (χ2n) is 4.75. The van der Waals surface area contributed by atoms with E-state index < -0.39 is 0 Å². The number of fused-ring (bicyclic) bond motifs is 3. The van der Waals surface area contributed by atoms with Crippen LogP contribution < -0.4 is 0 Å². The molecule has 2 heterocycles. The number of H-pyrrole nitrogens is 1. The Balaban J connectivity index is 2.28. The summed E-state index contributed by atoms with van der Waals surface area (Å²) in [5, 5.41) is 1.53. The maximum Gasteiger partial charge on any atom is 0.224 e. The average molecular weight is 295 g/mol. The molecule has 1 N–H and O–H groups in total. The molecule has 0 spiro atoms. The van der Waals surface area contributed by atoms with Crippen LogP contribution in [-0.4, -0.2) is 33.9 Å². The zero-order chi connectivity index (χ0) is 13.6. The first-order valence-electron chi connectivity index (χ1n) is 5.82. The molecule has 0 unspecified atom stereocenters. The van der Waals surface area contributed by atoms with Gasteiger partial charge in [-0.05, 0) is 43.4 Å². The molecule has 3 aromatic rings. The fraction of sp³-hybridized carbons (Fsp3) is 0.231. The SMILES string of the molecule is CN(C)Cc1ccc2[nH]c3c(Cl)nc(Cl)nc3c2c1. The lowest BCUT2D eigenvalue weighted by molar-refractivity contribution is 0.403.